The lowest BCUT2D eigenvalue weighted by Crippen LogP contribution is -2.14. The first kappa shape index (κ1) is 15.9. The third kappa shape index (κ3) is 3.81. The summed E-state index contributed by atoms with van der Waals surface area (Å²) in [7, 11) is 0. The van der Waals surface area contributed by atoms with Crippen LogP contribution in [0, 0.1) is 10.1 Å². The third-order valence-corrected chi connectivity index (χ3v) is 4.00. The zero-order valence-electron chi connectivity index (χ0n) is 10.3. The Morgan fingerprint density at radius 3 is 2.57 bits per heavy atom. The van der Waals surface area contributed by atoms with Gasteiger partial charge in [-0.25, -0.2) is 0 Å². The molecule has 2 aromatic rings. The molecule has 0 aliphatic heterocycles. The zero-order chi connectivity index (χ0) is 15.6. The quantitative estimate of drug-likeness (QED) is 0.544. The highest BCUT2D eigenvalue weighted by Gasteiger charge is 2.21. The zero-order valence-corrected chi connectivity index (χ0v) is 14.2. The molecule has 21 heavy (non-hydrogen) atoms. The summed E-state index contributed by atoms with van der Waals surface area (Å²) in [5, 5.41) is 13.8. The van der Waals surface area contributed by atoms with Crippen LogP contribution >= 0.6 is 43.5 Å². The minimum Gasteiger partial charge on any atom is -0.321 e. The van der Waals surface area contributed by atoms with Gasteiger partial charge < -0.3 is 5.32 Å². The molecule has 5 nitrogen and oxygen atoms in total. The molecule has 0 heterocycles. The normalized spacial score (nSPS) is 10.2. The molecule has 8 heteroatoms. The van der Waals surface area contributed by atoms with Crippen LogP contribution in [0.1, 0.15) is 10.4 Å². The number of carbonyl (C=O) groups is 1. The lowest BCUT2D eigenvalue weighted by atomic mass is 10.1. The van der Waals surface area contributed by atoms with Crippen molar-refractivity contribution in [2.45, 2.75) is 0 Å². The molecule has 0 atom stereocenters. The number of anilines is 1. The van der Waals surface area contributed by atoms with E-state index in [1.165, 1.54) is 18.2 Å². The van der Waals surface area contributed by atoms with E-state index in [1.54, 1.807) is 18.2 Å². The Bertz CT molecular complexity index is 737. The molecule has 2 aromatic carbocycles. The average molecular weight is 434 g/mol. The van der Waals surface area contributed by atoms with Gasteiger partial charge in [-0.2, -0.15) is 0 Å². The van der Waals surface area contributed by atoms with Crippen LogP contribution in [0.15, 0.2) is 45.3 Å². The Morgan fingerprint density at radius 2 is 1.90 bits per heavy atom. The van der Waals surface area contributed by atoms with Gasteiger partial charge >= 0.3 is 0 Å². The number of nitro benzene ring substituents is 1. The molecule has 2 rings (SSSR count). The van der Waals surface area contributed by atoms with E-state index in [9.17, 15) is 14.9 Å². The minimum absolute atomic E-state index is 0.0978. The fourth-order valence-corrected chi connectivity index (χ4v) is 2.51. The van der Waals surface area contributed by atoms with Crippen LogP contribution in [0.3, 0.4) is 0 Å². The number of carbonyl (C=O) groups excluding carboxylic acids is 1. The fraction of sp³-hybridized carbons (Fsp3) is 0. The van der Waals surface area contributed by atoms with Gasteiger partial charge in [0, 0.05) is 20.0 Å². The van der Waals surface area contributed by atoms with Crippen LogP contribution in [-0.2, 0) is 0 Å². The molecule has 0 unspecified atom stereocenters. The maximum atomic E-state index is 12.2. The molecule has 0 bridgehead atoms. The Hall–Kier alpha value is -1.44. The minimum atomic E-state index is -0.624. The molecule has 108 valence electrons. The average Bonchev–Trinajstić information content (AvgIpc) is 2.42. The van der Waals surface area contributed by atoms with Gasteiger partial charge in [0.05, 0.1) is 10.6 Å². The second kappa shape index (κ2) is 6.55. The monoisotopic (exact) mass is 432 g/mol. The summed E-state index contributed by atoms with van der Waals surface area (Å²) < 4.78 is 1.42. The standard InChI is InChI=1S/C13H7Br2ClN2O3/c14-7-1-3-10(15)11(5-7)17-13(19)9-6-8(16)2-4-12(9)18(20)21/h1-6H,(H,17,19). The van der Waals surface area contributed by atoms with E-state index < -0.39 is 10.8 Å². The lowest BCUT2D eigenvalue weighted by molar-refractivity contribution is -0.385. The topological polar surface area (TPSA) is 72.2 Å². The number of hydrogen-bond donors (Lipinski definition) is 1. The van der Waals surface area contributed by atoms with Crippen LogP contribution in [-0.4, -0.2) is 10.8 Å². The highest BCUT2D eigenvalue weighted by molar-refractivity contribution is 9.11. The van der Waals surface area contributed by atoms with Crippen molar-refractivity contribution in [1.29, 1.82) is 0 Å². The molecule has 0 aliphatic carbocycles. The van der Waals surface area contributed by atoms with Gasteiger partial charge in [0.1, 0.15) is 5.56 Å². The van der Waals surface area contributed by atoms with Gasteiger partial charge in [-0.3, -0.25) is 14.9 Å². The van der Waals surface area contributed by atoms with E-state index in [-0.39, 0.29) is 16.3 Å². The van der Waals surface area contributed by atoms with E-state index in [4.69, 9.17) is 11.6 Å². The molecule has 0 fully saturated rings. The van der Waals surface area contributed by atoms with Crippen molar-refractivity contribution in [2.24, 2.45) is 0 Å². The van der Waals surface area contributed by atoms with E-state index in [1.807, 2.05) is 0 Å². The Morgan fingerprint density at radius 1 is 1.19 bits per heavy atom. The van der Waals surface area contributed by atoms with E-state index in [0.717, 1.165) is 4.47 Å². The molecular formula is C13H7Br2ClN2O3. The first-order valence-corrected chi connectivity index (χ1v) is 7.55. The van der Waals surface area contributed by atoms with Crippen LogP contribution in [0.25, 0.3) is 0 Å². The van der Waals surface area contributed by atoms with Crippen molar-refractivity contribution >= 4 is 60.7 Å². The second-order valence-electron chi connectivity index (χ2n) is 4.00. The molecule has 0 saturated heterocycles. The highest BCUT2D eigenvalue weighted by atomic mass is 79.9. The SMILES string of the molecule is O=C(Nc1cc(Br)ccc1Br)c1cc(Cl)ccc1[N+](=O)[O-]. The molecule has 1 N–H and O–H groups in total. The van der Waals surface area contributed by atoms with Crippen molar-refractivity contribution in [2.75, 3.05) is 5.32 Å². The van der Waals surface area contributed by atoms with Crippen molar-refractivity contribution < 1.29 is 9.72 Å². The number of nitro groups is 1. The predicted molar refractivity (Wildman–Crippen MR) is 87.9 cm³/mol. The Balaban J connectivity index is 2.39. The maximum Gasteiger partial charge on any atom is 0.282 e. The second-order valence-corrected chi connectivity index (χ2v) is 6.20. The molecule has 0 saturated carbocycles. The van der Waals surface area contributed by atoms with E-state index in [0.29, 0.717) is 10.2 Å². The van der Waals surface area contributed by atoms with Gasteiger partial charge in [-0.1, -0.05) is 27.5 Å². The molecule has 0 aliphatic rings. The number of benzene rings is 2. The summed E-state index contributed by atoms with van der Waals surface area (Å²) in [6, 6.07) is 9.05. The third-order valence-electron chi connectivity index (χ3n) is 2.58. The number of amides is 1. The van der Waals surface area contributed by atoms with Gasteiger partial charge in [0.25, 0.3) is 11.6 Å². The first-order chi connectivity index (χ1) is 9.88. The Labute approximate surface area is 141 Å². The first-order valence-electron chi connectivity index (χ1n) is 5.59. The van der Waals surface area contributed by atoms with E-state index in [2.05, 4.69) is 37.2 Å². The summed E-state index contributed by atoms with van der Waals surface area (Å²) in [6.07, 6.45) is 0. The summed E-state index contributed by atoms with van der Waals surface area (Å²) in [5.41, 5.74) is 0.0889. The fourth-order valence-electron chi connectivity index (χ4n) is 1.63. The molecule has 0 spiro atoms. The van der Waals surface area contributed by atoms with Crippen molar-refractivity contribution in [3.05, 3.63) is 66.0 Å². The van der Waals surface area contributed by atoms with Gasteiger partial charge in [-0.05, 0) is 46.3 Å². The summed E-state index contributed by atoms with van der Waals surface area (Å²) in [6.45, 7) is 0. The van der Waals surface area contributed by atoms with Crippen LogP contribution < -0.4 is 5.32 Å². The Kier molecular flexibility index (Phi) is 4.97. The van der Waals surface area contributed by atoms with Gasteiger partial charge in [-0.15, -0.1) is 0 Å². The lowest BCUT2D eigenvalue weighted by Gasteiger charge is -2.08. The van der Waals surface area contributed by atoms with E-state index >= 15 is 0 Å². The number of nitrogens with one attached hydrogen (secondary N) is 1. The van der Waals surface area contributed by atoms with Crippen LogP contribution in [0.5, 0.6) is 0 Å². The number of hydrogen-bond acceptors (Lipinski definition) is 3. The van der Waals surface area contributed by atoms with Crippen molar-refractivity contribution in [1.82, 2.24) is 0 Å². The summed E-state index contributed by atoms with van der Waals surface area (Å²) >= 11 is 12.4. The summed E-state index contributed by atoms with van der Waals surface area (Å²) in [4.78, 5) is 22.6. The van der Waals surface area contributed by atoms with Crippen molar-refractivity contribution in [3.63, 3.8) is 0 Å². The molecule has 0 aromatic heterocycles. The molecule has 0 radical (unpaired) electrons. The largest absolute Gasteiger partial charge is 0.321 e. The van der Waals surface area contributed by atoms with Crippen LogP contribution in [0.2, 0.25) is 5.02 Å². The highest BCUT2D eigenvalue weighted by Crippen LogP contribution is 2.28. The smallest absolute Gasteiger partial charge is 0.282 e. The molecule has 1 amide bonds. The van der Waals surface area contributed by atoms with Crippen molar-refractivity contribution in [3.8, 4) is 0 Å². The summed E-state index contributed by atoms with van der Waals surface area (Å²) in [5.74, 6) is -0.608. The number of halogens is 3. The molecular weight excluding hydrogens is 427 g/mol. The maximum absolute atomic E-state index is 12.2. The van der Waals surface area contributed by atoms with Crippen LogP contribution in [0.4, 0.5) is 11.4 Å². The predicted octanol–water partition coefficient (Wildman–Crippen LogP) is 5.03. The van der Waals surface area contributed by atoms with Gasteiger partial charge in [0.2, 0.25) is 0 Å². The number of rotatable bonds is 3. The number of nitrogens with zero attached hydrogens (tertiary/aromatic N) is 1. The van der Waals surface area contributed by atoms with Gasteiger partial charge in [0.15, 0.2) is 0 Å².